The number of pyridine rings is 1. The van der Waals surface area contributed by atoms with Crippen molar-refractivity contribution in [2.45, 2.75) is 52.1 Å². The van der Waals surface area contributed by atoms with Crippen LogP contribution in [0.15, 0.2) is 40.5 Å². The minimum absolute atomic E-state index is 0.0410. The fourth-order valence-electron chi connectivity index (χ4n) is 5.21. The number of fused-ring (bicyclic) bond motifs is 1. The maximum absolute atomic E-state index is 14.0. The van der Waals surface area contributed by atoms with Gasteiger partial charge >= 0.3 is 0 Å². The number of carbonyl (C=O) groups excluding carboxylic acids is 1. The van der Waals surface area contributed by atoms with Gasteiger partial charge in [0.25, 0.3) is 5.56 Å². The highest BCUT2D eigenvalue weighted by Crippen LogP contribution is 2.25. The molecule has 0 spiro atoms. The molecule has 0 saturated carbocycles. The number of likely N-dealkylation sites (tertiary alicyclic amines) is 1. The van der Waals surface area contributed by atoms with Crippen LogP contribution in [-0.2, 0) is 30.7 Å². The Morgan fingerprint density at radius 3 is 2.69 bits per heavy atom. The Labute approximate surface area is 209 Å². The summed E-state index contributed by atoms with van der Waals surface area (Å²) in [5, 5.41) is 2.89. The van der Waals surface area contributed by atoms with Crippen LogP contribution in [-0.4, -0.2) is 51.4 Å². The van der Waals surface area contributed by atoms with E-state index in [2.05, 4.69) is 9.88 Å². The number of carbonyl (C=O) groups is 1. The number of hydrogen-bond donors (Lipinski definition) is 0. The Kier molecular flexibility index (Phi) is 7.11. The van der Waals surface area contributed by atoms with Crippen LogP contribution in [0.25, 0.3) is 11.1 Å². The van der Waals surface area contributed by atoms with Crippen LogP contribution in [0, 0.1) is 12.7 Å². The molecule has 2 aliphatic rings. The molecule has 3 aromatic rings. The monoisotopic (exact) mass is 494 g/mol. The number of piperidine rings is 1. The van der Waals surface area contributed by atoms with Gasteiger partial charge in [0.05, 0.1) is 17.1 Å². The third kappa shape index (κ3) is 5.38. The van der Waals surface area contributed by atoms with E-state index in [-0.39, 0.29) is 23.7 Å². The lowest BCUT2D eigenvalue weighted by Gasteiger charge is -2.32. The number of halogens is 1. The maximum Gasteiger partial charge on any atom is 0.258 e. The van der Waals surface area contributed by atoms with E-state index < -0.39 is 0 Å². The summed E-state index contributed by atoms with van der Waals surface area (Å²) in [5.41, 5.74) is 3.76. The Bertz CT molecular complexity index is 1280. The summed E-state index contributed by atoms with van der Waals surface area (Å²) in [6.45, 7) is 6.53. The second-order valence-corrected chi connectivity index (χ2v) is 10.6. The van der Waals surface area contributed by atoms with E-state index >= 15 is 0 Å². The molecule has 0 radical (unpaired) electrons. The van der Waals surface area contributed by atoms with E-state index in [0.717, 1.165) is 41.6 Å². The second-order valence-electron chi connectivity index (χ2n) is 9.50. The molecule has 5 rings (SSSR count). The van der Waals surface area contributed by atoms with Gasteiger partial charge in [0, 0.05) is 49.2 Å². The van der Waals surface area contributed by atoms with Gasteiger partial charge in [-0.05, 0) is 62.2 Å². The van der Waals surface area contributed by atoms with Crippen LogP contribution >= 0.6 is 11.3 Å². The first-order valence-electron chi connectivity index (χ1n) is 12.4. The molecule has 0 unspecified atom stereocenters. The van der Waals surface area contributed by atoms with Gasteiger partial charge in [-0.1, -0.05) is 18.6 Å². The Morgan fingerprint density at radius 1 is 1.11 bits per heavy atom. The normalized spacial score (nSPS) is 16.3. The van der Waals surface area contributed by atoms with Gasteiger partial charge in [-0.3, -0.25) is 9.59 Å². The van der Waals surface area contributed by atoms with E-state index in [9.17, 15) is 14.0 Å². The van der Waals surface area contributed by atoms with Crippen LogP contribution in [0.3, 0.4) is 0 Å². The summed E-state index contributed by atoms with van der Waals surface area (Å²) in [4.78, 5) is 35.4. The number of benzene rings is 1. The fourth-order valence-corrected chi connectivity index (χ4v) is 5.82. The molecule has 8 heteroatoms. The van der Waals surface area contributed by atoms with E-state index in [1.165, 1.54) is 31.4 Å². The number of rotatable bonds is 6. The largest absolute Gasteiger partial charge is 0.338 e. The number of hydrogen-bond acceptors (Lipinski definition) is 5. The van der Waals surface area contributed by atoms with Gasteiger partial charge in [-0.2, -0.15) is 0 Å². The summed E-state index contributed by atoms with van der Waals surface area (Å²) in [6, 6.07) is 8.08. The molecular weight excluding hydrogens is 463 g/mol. The first-order chi connectivity index (χ1) is 17.0. The van der Waals surface area contributed by atoms with Gasteiger partial charge in [0.2, 0.25) is 5.91 Å². The molecule has 0 N–H and O–H groups in total. The average molecular weight is 495 g/mol. The number of amides is 1. The summed E-state index contributed by atoms with van der Waals surface area (Å²) >= 11 is 1.55. The standard InChI is InChI=1S/C27H31FN4O2S/c1-19-29-23(18-35-19)16-26(33)31-11-8-25-21(17-31)15-24(20-6-5-7-22(28)14-20)27(34)32(25)13-12-30-9-3-2-4-10-30/h5-7,14-15,18H,2-4,8-13,16-17H2,1H3. The van der Waals surface area contributed by atoms with Crippen molar-refractivity contribution >= 4 is 17.2 Å². The minimum atomic E-state index is -0.366. The molecular formula is C27H31FN4O2S. The zero-order chi connectivity index (χ0) is 24.4. The van der Waals surface area contributed by atoms with Gasteiger partial charge in [0.1, 0.15) is 5.82 Å². The number of aryl methyl sites for hydroxylation is 1. The van der Waals surface area contributed by atoms with Crippen molar-refractivity contribution in [2.24, 2.45) is 0 Å². The van der Waals surface area contributed by atoms with Gasteiger partial charge in [0.15, 0.2) is 0 Å². The molecule has 1 aromatic carbocycles. The van der Waals surface area contributed by atoms with Crippen molar-refractivity contribution in [1.82, 2.24) is 19.4 Å². The van der Waals surface area contributed by atoms with Crippen LogP contribution in [0.2, 0.25) is 0 Å². The lowest BCUT2D eigenvalue weighted by atomic mass is 9.98. The van der Waals surface area contributed by atoms with Crippen molar-refractivity contribution in [3.8, 4) is 11.1 Å². The molecule has 6 nitrogen and oxygen atoms in total. The molecule has 35 heavy (non-hydrogen) atoms. The fraction of sp³-hybridized carbons (Fsp3) is 0.444. The Hall–Kier alpha value is -2.84. The van der Waals surface area contributed by atoms with E-state index in [1.54, 1.807) is 23.5 Å². The molecule has 1 amide bonds. The van der Waals surface area contributed by atoms with Crippen molar-refractivity contribution in [1.29, 1.82) is 0 Å². The third-order valence-electron chi connectivity index (χ3n) is 7.05. The van der Waals surface area contributed by atoms with E-state index in [0.29, 0.717) is 37.2 Å². The van der Waals surface area contributed by atoms with E-state index in [4.69, 9.17) is 0 Å². The van der Waals surface area contributed by atoms with Crippen LogP contribution in [0.5, 0.6) is 0 Å². The minimum Gasteiger partial charge on any atom is -0.338 e. The third-order valence-corrected chi connectivity index (χ3v) is 7.87. The zero-order valence-electron chi connectivity index (χ0n) is 20.1. The number of nitrogens with zero attached hydrogens (tertiary/aromatic N) is 4. The molecule has 0 bridgehead atoms. The van der Waals surface area contributed by atoms with Crippen molar-refractivity contribution < 1.29 is 9.18 Å². The summed E-state index contributed by atoms with van der Waals surface area (Å²) in [7, 11) is 0. The van der Waals surface area contributed by atoms with Gasteiger partial charge in [-0.15, -0.1) is 11.3 Å². The first-order valence-corrected chi connectivity index (χ1v) is 13.3. The predicted molar refractivity (Wildman–Crippen MR) is 136 cm³/mol. The second kappa shape index (κ2) is 10.4. The van der Waals surface area contributed by atoms with E-state index in [1.807, 2.05) is 27.8 Å². The van der Waals surface area contributed by atoms with Crippen LogP contribution in [0.1, 0.15) is 41.2 Å². The molecule has 1 saturated heterocycles. The topological polar surface area (TPSA) is 58.4 Å². The SMILES string of the molecule is Cc1nc(CC(=O)N2CCc3c(cc(-c4cccc(F)c4)c(=O)n3CCN3CCCCC3)C2)cs1. The lowest BCUT2D eigenvalue weighted by Crippen LogP contribution is -2.41. The smallest absolute Gasteiger partial charge is 0.258 e. The van der Waals surface area contributed by atoms with Crippen LogP contribution in [0.4, 0.5) is 4.39 Å². The average Bonchev–Trinajstić information content (AvgIpc) is 3.27. The van der Waals surface area contributed by atoms with Crippen LogP contribution < -0.4 is 5.56 Å². The highest BCUT2D eigenvalue weighted by molar-refractivity contribution is 7.09. The quantitative estimate of drug-likeness (QED) is 0.519. The van der Waals surface area contributed by atoms with Gasteiger partial charge in [-0.25, -0.2) is 9.37 Å². The number of thiazole rings is 1. The number of aromatic nitrogens is 2. The highest BCUT2D eigenvalue weighted by Gasteiger charge is 2.26. The van der Waals surface area contributed by atoms with Gasteiger partial charge < -0.3 is 14.4 Å². The zero-order valence-corrected chi connectivity index (χ0v) is 21.0. The first kappa shape index (κ1) is 23.9. The predicted octanol–water partition coefficient (Wildman–Crippen LogP) is 4.03. The molecule has 2 aromatic heterocycles. The molecule has 4 heterocycles. The Balaban J connectivity index is 1.45. The molecule has 2 aliphatic heterocycles. The van der Waals surface area contributed by atoms with Crippen molar-refractivity contribution in [3.63, 3.8) is 0 Å². The summed E-state index contributed by atoms with van der Waals surface area (Å²) in [5.74, 6) is -0.325. The van der Waals surface area contributed by atoms with Crippen molar-refractivity contribution in [2.75, 3.05) is 26.2 Å². The lowest BCUT2D eigenvalue weighted by molar-refractivity contribution is -0.131. The molecule has 1 fully saturated rings. The summed E-state index contributed by atoms with van der Waals surface area (Å²) < 4.78 is 15.9. The highest BCUT2D eigenvalue weighted by atomic mass is 32.1. The maximum atomic E-state index is 14.0. The molecule has 0 aliphatic carbocycles. The molecule has 0 atom stereocenters. The molecule has 184 valence electrons. The summed E-state index contributed by atoms with van der Waals surface area (Å²) in [6.07, 6.45) is 4.59. The Morgan fingerprint density at radius 2 is 1.94 bits per heavy atom. The van der Waals surface area contributed by atoms with Crippen molar-refractivity contribution in [3.05, 3.63) is 73.8 Å².